The van der Waals surface area contributed by atoms with E-state index < -0.39 is 29.8 Å². The Morgan fingerprint density at radius 3 is 2.64 bits per heavy atom. The van der Waals surface area contributed by atoms with Gasteiger partial charge in [-0.25, -0.2) is 9.69 Å². The monoisotopic (exact) mass is 418 g/mol. The van der Waals surface area contributed by atoms with Gasteiger partial charge >= 0.3 is 5.97 Å². The number of oxime groups is 1. The van der Waals surface area contributed by atoms with Gasteiger partial charge in [0.25, 0.3) is 5.91 Å². The van der Waals surface area contributed by atoms with Crippen LogP contribution in [0.2, 0.25) is 5.02 Å². The second-order valence-corrected chi connectivity index (χ2v) is 8.04. The maximum absolute atomic E-state index is 13.2. The number of halogens is 1. The molecule has 2 amide bonds. The third-order valence-corrected chi connectivity index (χ3v) is 6.44. The first-order chi connectivity index (χ1) is 13.4. The van der Waals surface area contributed by atoms with Crippen molar-refractivity contribution < 1.29 is 24.0 Å². The maximum atomic E-state index is 13.2. The lowest BCUT2D eigenvalue weighted by Crippen LogP contribution is -2.33. The Kier molecular flexibility index (Phi) is 4.47. The molecule has 3 heterocycles. The summed E-state index contributed by atoms with van der Waals surface area (Å²) in [6, 6.07) is 6.91. The fraction of sp³-hybridized carbons (Fsp3) is 0.263. The van der Waals surface area contributed by atoms with E-state index in [2.05, 4.69) is 5.16 Å². The first-order valence-electron chi connectivity index (χ1n) is 8.41. The SMILES string of the molecule is COC(=O)c1c(N2C(=O)[C@@H]3C(c4ccccc4Cl)=NO[C@H]3C2=O)sc(C)c1C. The molecule has 0 bridgehead atoms. The Morgan fingerprint density at radius 2 is 1.96 bits per heavy atom. The van der Waals surface area contributed by atoms with Gasteiger partial charge in [-0.3, -0.25) is 9.59 Å². The van der Waals surface area contributed by atoms with Gasteiger partial charge in [-0.2, -0.15) is 0 Å². The van der Waals surface area contributed by atoms with Gasteiger partial charge < -0.3 is 9.57 Å². The fourth-order valence-corrected chi connectivity index (χ4v) is 4.77. The molecular formula is C19H15ClN2O5S. The molecule has 0 radical (unpaired) electrons. The minimum Gasteiger partial charge on any atom is -0.465 e. The van der Waals surface area contributed by atoms with Gasteiger partial charge in [-0.05, 0) is 25.5 Å². The zero-order valence-corrected chi connectivity index (χ0v) is 16.8. The van der Waals surface area contributed by atoms with Crippen molar-refractivity contribution in [3.63, 3.8) is 0 Å². The molecule has 2 aliphatic heterocycles. The smallest absolute Gasteiger partial charge is 0.341 e. The summed E-state index contributed by atoms with van der Waals surface area (Å²) in [6.07, 6.45) is -1.08. The van der Waals surface area contributed by atoms with E-state index in [1.54, 1.807) is 31.2 Å². The third-order valence-electron chi connectivity index (χ3n) is 4.92. The van der Waals surface area contributed by atoms with Gasteiger partial charge in [-0.1, -0.05) is 35.0 Å². The van der Waals surface area contributed by atoms with E-state index in [1.807, 2.05) is 6.92 Å². The fourth-order valence-electron chi connectivity index (χ4n) is 3.38. The van der Waals surface area contributed by atoms with Crippen molar-refractivity contribution in [1.82, 2.24) is 0 Å². The van der Waals surface area contributed by atoms with Gasteiger partial charge in [0.05, 0.1) is 12.7 Å². The summed E-state index contributed by atoms with van der Waals surface area (Å²) in [5, 5.41) is 4.60. The summed E-state index contributed by atoms with van der Waals surface area (Å²) < 4.78 is 4.85. The number of rotatable bonds is 3. The van der Waals surface area contributed by atoms with Gasteiger partial charge in [0.15, 0.2) is 0 Å². The zero-order valence-electron chi connectivity index (χ0n) is 15.2. The van der Waals surface area contributed by atoms with Crippen LogP contribution in [0.3, 0.4) is 0 Å². The molecule has 7 nitrogen and oxygen atoms in total. The molecule has 0 saturated carbocycles. The van der Waals surface area contributed by atoms with Gasteiger partial charge in [0, 0.05) is 15.5 Å². The highest BCUT2D eigenvalue weighted by atomic mass is 35.5. The summed E-state index contributed by atoms with van der Waals surface area (Å²) >= 11 is 7.43. The Hall–Kier alpha value is -2.71. The van der Waals surface area contributed by atoms with E-state index in [1.165, 1.54) is 18.4 Å². The van der Waals surface area contributed by atoms with E-state index in [-0.39, 0.29) is 10.6 Å². The molecule has 0 spiro atoms. The summed E-state index contributed by atoms with van der Waals surface area (Å²) in [7, 11) is 1.26. The number of aryl methyl sites for hydroxylation is 1. The quantitative estimate of drug-likeness (QED) is 0.564. The second-order valence-electron chi connectivity index (χ2n) is 6.43. The molecular weight excluding hydrogens is 404 g/mol. The molecule has 144 valence electrons. The molecule has 0 aliphatic carbocycles. The topological polar surface area (TPSA) is 85.3 Å². The average molecular weight is 419 g/mol. The molecule has 1 aromatic carbocycles. The van der Waals surface area contributed by atoms with Crippen LogP contribution in [0, 0.1) is 19.8 Å². The van der Waals surface area contributed by atoms with Crippen molar-refractivity contribution >= 4 is 51.4 Å². The normalized spacial score (nSPS) is 20.9. The molecule has 0 unspecified atom stereocenters. The van der Waals surface area contributed by atoms with Crippen molar-refractivity contribution in [2.24, 2.45) is 11.1 Å². The predicted octanol–water partition coefficient (Wildman–Crippen LogP) is 3.10. The lowest BCUT2D eigenvalue weighted by atomic mass is 9.94. The molecule has 1 aromatic heterocycles. The zero-order chi connectivity index (χ0) is 20.2. The highest BCUT2D eigenvalue weighted by Gasteiger charge is 2.57. The van der Waals surface area contributed by atoms with Crippen LogP contribution in [0.4, 0.5) is 5.00 Å². The molecule has 4 rings (SSSR count). The highest BCUT2D eigenvalue weighted by molar-refractivity contribution is 7.17. The number of esters is 1. The average Bonchev–Trinajstić information content (AvgIpc) is 3.30. The predicted molar refractivity (Wildman–Crippen MR) is 104 cm³/mol. The number of hydrogen-bond donors (Lipinski definition) is 0. The molecule has 0 N–H and O–H groups in total. The number of methoxy groups -OCH3 is 1. The number of imide groups is 1. The molecule has 2 aromatic rings. The van der Waals surface area contributed by atoms with Crippen LogP contribution in [-0.2, 0) is 19.2 Å². The molecule has 9 heteroatoms. The number of hydrogen-bond acceptors (Lipinski definition) is 7. The number of nitrogens with zero attached hydrogens (tertiary/aromatic N) is 2. The van der Waals surface area contributed by atoms with Crippen molar-refractivity contribution in [3.05, 3.63) is 50.9 Å². The number of carbonyl (C=O) groups is 3. The first kappa shape index (κ1) is 18.6. The Bertz CT molecular complexity index is 1060. The highest BCUT2D eigenvalue weighted by Crippen LogP contribution is 2.42. The summed E-state index contributed by atoms with van der Waals surface area (Å²) in [6.45, 7) is 3.56. The number of amides is 2. The van der Waals surface area contributed by atoms with Gasteiger partial charge in [0.1, 0.15) is 16.6 Å². The van der Waals surface area contributed by atoms with Crippen molar-refractivity contribution in [1.29, 1.82) is 0 Å². The van der Waals surface area contributed by atoms with Crippen molar-refractivity contribution in [3.8, 4) is 0 Å². The largest absolute Gasteiger partial charge is 0.465 e. The Morgan fingerprint density at radius 1 is 1.25 bits per heavy atom. The van der Waals surface area contributed by atoms with Crippen molar-refractivity contribution in [2.75, 3.05) is 12.0 Å². The first-order valence-corrected chi connectivity index (χ1v) is 9.61. The van der Waals surface area contributed by atoms with Gasteiger partial charge in [0.2, 0.25) is 12.0 Å². The lowest BCUT2D eigenvalue weighted by molar-refractivity contribution is -0.126. The number of carbonyl (C=O) groups excluding carboxylic acids is 3. The molecule has 2 atom stereocenters. The Labute approximate surface area is 169 Å². The van der Waals surface area contributed by atoms with Crippen LogP contribution in [0.1, 0.15) is 26.4 Å². The number of ether oxygens (including phenoxy) is 1. The standard InChI is InChI=1S/C19H15ClN2O5S/c1-8-9(2)28-18(12(8)19(25)26-3)22-16(23)13-14(21-27-15(13)17(22)24)10-6-4-5-7-11(10)20/h4-7,13,15H,1-3H3/t13-,15-/m1/s1. The number of benzene rings is 1. The molecule has 1 fully saturated rings. The summed E-state index contributed by atoms with van der Waals surface area (Å²) in [5.41, 5.74) is 1.72. The molecule has 28 heavy (non-hydrogen) atoms. The van der Waals surface area contributed by atoms with Crippen LogP contribution in [0.25, 0.3) is 0 Å². The minimum absolute atomic E-state index is 0.211. The van der Waals surface area contributed by atoms with Crippen LogP contribution >= 0.6 is 22.9 Å². The van der Waals surface area contributed by atoms with E-state index in [4.69, 9.17) is 21.2 Å². The van der Waals surface area contributed by atoms with Crippen LogP contribution < -0.4 is 4.90 Å². The molecule has 2 aliphatic rings. The number of thiophene rings is 1. The van der Waals surface area contributed by atoms with E-state index in [0.29, 0.717) is 21.9 Å². The number of anilines is 1. The molecule has 1 saturated heterocycles. The van der Waals surface area contributed by atoms with E-state index >= 15 is 0 Å². The van der Waals surface area contributed by atoms with Crippen LogP contribution in [0.5, 0.6) is 0 Å². The third kappa shape index (κ3) is 2.56. The summed E-state index contributed by atoms with van der Waals surface area (Å²) in [5.74, 6) is -2.58. The van der Waals surface area contributed by atoms with Crippen molar-refractivity contribution in [2.45, 2.75) is 20.0 Å². The van der Waals surface area contributed by atoms with Crippen LogP contribution in [0.15, 0.2) is 29.4 Å². The van der Waals surface area contributed by atoms with Gasteiger partial charge in [-0.15, -0.1) is 11.3 Å². The minimum atomic E-state index is -1.08. The summed E-state index contributed by atoms with van der Waals surface area (Å²) in [4.78, 5) is 45.6. The second kappa shape index (κ2) is 6.72. The Balaban J connectivity index is 1.78. The van der Waals surface area contributed by atoms with E-state index in [9.17, 15) is 14.4 Å². The lowest BCUT2D eigenvalue weighted by Gasteiger charge is -2.15. The number of fused-ring (bicyclic) bond motifs is 1. The van der Waals surface area contributed by atoms with Crippen LogP contribution in [-0.4, -0.2) is 36.7 Å². The maximum Gasteiger partial charge on any atom is 0.341 e. The van der Waals surface area contributed by atoms with E-state index in [0.717, 1.165) is 9.78 Å².